The van der Waals surface area contributed by atoms with E-state index in [2.05, 4.69) is 0 Å². The third kappa shape index (κ3) is 2.97. The quantitative estimate of drug-likeness (QED) is 0.901. The van der Waals surface area contributed by atoms with Crippen molar-refractivity contribution in [1.29, 1.82) is 0 Å². The van der Waals surface area contributed by atoms with Gasteiger partial charge in [-0.1, -0.05) is 6.92 Å². The van der Waals surface area contributed by atoms with E-state index in [1.165, 1.54) is 6.42 Å². The molecule has 5 heteroatoms. The second kappa shape index (κ2) is 5.91. The molecule has 1 N–H and O–H groups in total. The van der Waals surface area contributed by atoms with Gasteiger partial charge in [0, 0.05) is 25.0 Å². The Labute approximate surface area is 112 Å². The summed E-state index contributed by atoms with van der Waals surface area (Å²) in [7, 11) is 0. The zero-order valence-corrected chi connectivity index (χ0v) is 11.3. The Morgan fingerprint density at radius 2 is 1.95 bits per heavy atom. The van der Waals surface area contributed by atoms with Gasteiger partial charge >= 0.3 is 5.97 Å². The van der Waals surface area contributed by atoms with Gasteiger partial charge in [0.05, 0.1) is 5.56 Å². The lowest BCUT2D eigenvalue weighted by Gasteiger charge is -2.27. The minimum absolute atomic E-state index is 0.0851. The first-order chi connectivity index (χ1) is 9.13. The van der Waals surface area contributed by atoms with Crippen LogP contribution in [0.1, 0.15) is 42.2 Å². The number of rotatable bonds is 4. The summed E-state index contributed by atoms with van der Waals surface area (Å²) in [5, 5.41) is 9.08. The molecule has 0 aliphatic carbocycles. The molecule has 1 aromatic heterocycles. The Morgan fingerprint density at radius 3 is 2.53 bits per heavy atom. The third-order valence-corrected chi connectivity index (χ3v) is 3.66. The Kier molecular flexibility index (Phi) is 4.24. The van der Waals surface area contributed by atoms with Crippen LogP contribution in [0.15, 0.2) is 12.3 Å². The Balaban J connectivity index is 2.10. The van der Waals surface area contributed by atoms with Crippen molar-refractivity contribution in [3.8, 4) is 0 Å². The molecule has 0 unspecified atom stereocenters. The van der Waals surface area contributed by atoms with Gasteiger partial charge in [0.25, 0.3) is 0 Å². The van der Waals surface area contributed by atoms with Crippen molar-refractivity contribution in [1.82, 2.24) is 9.47 Å². The normalized spacial score (nSPS) is 15.5. The minimum Gasteiger partial charge on any atom is -0.478 e. The molecule has 1 aromatic rings. The molecule has 0 atom stereocenters. The minimum atomic E-state index is -0.930. The van der Waals surface area contributed by atoms with E-state index < -0.39 is 5.97 Å². The van der Waals surface area contributed by atoms with Crippen molar-refractivity contribution >= 4 is 11.9 Å². The van der Waals surface area contributed by atoms with Crippen LogP contribution in [0, 0.1) is 0 Å². The molecular weight excluding hydrogens is 244 g/mol. The monoisotopic (exact) mass is 264 g/mol. The van der Waals surface area contributed by atoms with E-state index in [0.717, 1.165) is 31.6 Å². The van der Waals surface area contributed by atoms with E-state index in [0.29, 0.717) is 12.0 Å². The number of amides is 1. The van der Waals surface area contributed by atoms with Crippen molar-refractivity contribution in [3.63, 3.8) is 0 Å². The Bertz CT molecular complexity index is 473. The van der Waals surface area contributed by atoms with Crippen molar-refractivity contribution in [2.45, 2.75) is 39.2 Å². The van der Waals surface area contributed by atoms with Gasteiger partial charge in [0.1, 0.15) is 6.54 Å². The van der Waals surface area contributed by atoms with Gasteiger partial charge in [-0.05, 0) is 31.7 Å². The van der Waals surface area contributed by atoms with Gasteiger partial charge in [-0.15, -0.1) is 0 Å². The van der Waals surface area contributed by atoms with Crippen LogP contribution in [0.3, 0.4) is 0 Å². The molecule has 0 radical (unpaired) electrons. The number of carboxylic acid groups (broad SMARTS) is 1. The summed E-state index contributed by atoms with van der Waals surface area (Å²) >= 11 is 0. The molecular formula is C14H20N2O3. The van der Waals surface area contributed by atoms with E-state index in [1.54, 1.807) is 16.8 Å². The molecule has 2 rings (SSSR count). The van der Waals surface area contributed by atoms with Crippen LogP contribution < -0.4 is 0 Å². The fourth-order valence-electron chi connectivity index (χ4n) is 2.63. The number of aromatic carboxylic acids is 1. The summed E-state index contributed by atoms with van der Waals surface area (Å²) in [5.74, 6) is -0.844. The summed E-state index contributed by atoms with van der Waals surface area (Å²) < 4.78 is 1.76. The van der Waals surface area contributed by atoms with Gasteiger partial charge in [-0.3, -0.25) is 4.79 Å². The lowest BCUT2D eigenvalue weighted by atomic mass is 10.1. The van der Waals surface area contributed by atoms with E-state index >= 15 is 0 Å². The third-order valence-electron chi connectivity index (χ3n) is 3.66. The van der Waals surface area contributed by atoms with Crippen LogP contribution in [-0.4, -0.2) is 39.5 Å². The van der Waals surface area contributed by atoms with Crippen molar-refractivity contribution in [2.75, 3.05) is 13.1 Å². The molecule has 104 valence electrons. The van der Waals surface area contributed by atoms with Gasteiger partial charge in [0.15, 0.2) is 0 Å². The van der Waals surface area contributed by atoms with E-state index in [-0.39, 0.29) is 12.5 Å². The zero-order valence-electron chi connectivity index (χ0n) is 11.3. The van der Waals surface area contributed by atoms with Crippen LogP contribution in [0.2, 0.25) is 0 Å². The summed E-state index contributed by atoms with van der Waals surface area (Å²) in [6, 6.07) is 1.57. The van der Waals surface area contributed by atoms with Crippen molar-refractivity contribution < 1.29 is 14.7 Å². The number of carbonyl (C=O) groups is 2. The second-order valence-electron chi connectivity index (χ2n) is 4.90. The number of piperidine rings is 1. The molecule has 1 amide bonds. The van der Waals surface area contributed by atoms with Crippen LogP contribution in [0.4, 0.5) is 0 Å². The Hall–Kier alpha value is -1.78. The number of carbonyl (C=O) groups excluding carboxylic acids is 1. The number of carboxylic acids is 1. The summed E-state index contributed by atoms with van der Waals surface area (Å²) in [6.45, 7) is 3.81. The highest BCUT2D eigenvalue weighted by atomic mass is 16.4. The maximum absolute atomic E-state index is 12.2. The summed E-state index contributed by atoms with van der Waals surface area (Å²) in [5.41, 5.74) is 1.02. The number of nitrogens with zero attached hydrogens (tertiary/aromatic N) is 2. The van der Waals surface area contributed by atoms with Gasteiger partial charge < -0.3 is 14.6 Å². The van der Waals surface area contributed by atoms with Crippen LogP contribution in [0.5, 0.6) is 0 Å². The highest BCUT2D eigenvalue weighted by Crippen LogP contribution is 2.14. The standard InChI is InChI=1S/C14H20N2O3/c1-2-12-11(14(18)19)6-9-16(12)10-13(17)15-7-4-3-5-8-15/h6,9H,2-5,7-8,10H2,1H3,(H,18,19). The van der Waals surface area contributed by atoms with E-state index in [9.17, 15) is 9.59 Å². The SMILES string of the molecule is CCc1c(C(=O)O)ccn1CC(=O)N1CCCCC1. The highest BCUT2D eigenvalue weighted by Gasteiger charge is 2.19. The average Bonchev–Trinajstić information content (AvgIpc) is 2.82. The smallest absolute Gasteiger partial charge is 0.337 e. The molecule has 1 aliphatic heterocycles. The molecule has 0 aromatic carbocycles. The molecule has 19 heavy (non-hydrogen) atoms. The van der Waals surface area contributed by atoms with Crippen molar-refractivity contribution in [3.05, 3.63) is 23.5 Å². The first-order valence-electron chi connectivity index (χ1n) is 6.82. The van der Waals surface area contributed by atoms with Crippen LogP contribution >= 0.6 is 0 Å². The fourth-order valence-corrected chi connectivity index (χ4v) is 2.63. The number of hydrogen-bond donors (Lipinski definition) is 1. The molecule has 1 aliphatic rings. The predicted octanol–water partition coefficient (Wildman–Crippen LogP) is 1.76. The number of likely N-dealkylation sites (tertiary alicyclic amines) is 1. The zero-order chi connectivity index (χ0) is 13.8. The molecule has 0 saturated carbocycles. The second-order valence-corrected chi connectivity index (χ2v) is 4.90. The van der Waals surface area contributed by atoms with Crippen LogP contribution in [0.25, 0.3) is 0 Å². The Morgan fingerprint density at radius 1 is 1.26 bits per heavy atom. The maximum Gasteiger partial charge on any atom is 0.337 e. The van der Waals surface area contributed by atoms with Crippen molar-refractivity contribution in [2.24, 2.45) is 0 Å². The fraction of sp³-hybridized carbons (Fsp3) is 0.571. The first kappa shape index (κ1) is 13.6. The number of hydrogen-bond acceptors (Lipinski definition) is 2. The molecule has 5 nitrogen and oxygen atoms in total. The topological polar surface area (TPSA) is 62.5 Å². The molecule has 0 spiro atoms. The average molecular weight is 264 g/mol. The lowest BCUT2D eigenvalue weighted by Crippen LogP contribution is -2.37. The van der Waals surface area contributed by atoms with E-state index in [4.69, 9.17) is 5.11 Å². The number of aromatic nitrogens is 1. The summed E-state index contributed by atoms with van der Waals surface area (Å²) in [4.78, 5) is 25.1. The summed E-state index contributed by atoms with van der Waals surface area (Å²) in [6.07, 6.45) is 5.64. The first-order valence-corrected chi connectivity index (χ1v) is 6.82. The van der Waals surface area contributed by atoms with Gasteiger partial charge in [-0.25, -0.2) is 4.79 Å². The highest BCUT2D eigenvalue weighted by molar-refractivity contribution is 5.89. The molecule has 1 saturated heterocycles. The molecule has 1 fully saturated rings. The maximum atomic E-state index is 12.2. The van der Waals surface area contributed by atoms with Crippen LogP contribution in [-0.2, 0) is 17.8 Å². The predicted molar refractivity (Wildman–Crippen MR) is 71.2 cm³/mol. The van der Waals surface area contributed by atoms with Gasteiger partial charge in [-0.2, -0.15) is 0 Å². The van der Waals surface area contributed by atoms with Gasteiger partial charge in [0.2, 0.25) is 5.91 Å². The molecule has 0 bridgehead atoms. The van der Waals surface area contributed by atoms with E-state index in [1.807, 2.05) is 11.8 Å². The molecule has 2 heterocycles. The lowest BCUT2D eigenvalue weighted by molar-refractivity contribution is -0.132. The largest absolute Gasteiger partial charge is 0.478 e.